The Balaban J connectivity index is 2.45. The minimum atomic E-state index is -0.268. The zero-order chi connectivity index (χ0) is 12.3. The quantitative estimate of drug-likeness (QED) is 0.816. The van der Waals surface area contributed by atoms with E-state index in [-0.39, 0.29) is 5.63 Å². The van der Waals surface area contributed by atoms with Crippen LogP contribution >= 0.6 is 0 Å². The van der Waals surface area contributed by atoms with Gasteiger partial charge in [-0.25, -0.2) is 4.79 Å². The van der Waals surface area contributed by atoms with Crippen LogP contribution in [0.1, 0.15) is 12.5 Å². The Morgan fingerprint density at radius 2 is 2.18 bits per heavy atom. The van der Waals surface area contributed by atoms with Crippen LogP contribution in [0.5, 0.6) is 5.75 Å². The summed E-state index contributed by atoms with van der Waals surface area (Å²) >= 11 is 0. The Kier molecular flexibility index (Phi) is 3.44. The minimum absolute atomic E-state index is 0.268. The summed E-state index contributed by atoms with van der Waals surface area (Å²) in [4.78, 5) is 11.5. The van der Waals surface area contributed by atoms with Crippen LogP contribution in [0.25, 0.3) is 11.0 Å². The highest BCUT2D eigenvalue weighted by Crippen LogP contribution is 2.20. The summed E-state index contributed by atoms with van der Waals surface area (Å²) in [6.07, 6.45) is 0.659. The van der Waals surface area contributed by atoms with E-state index in [0.29, 0.717) is 30.7 Å². The second-order valence-electron chi connectivity index (χ2n) is 3.75. The largest absolute Gasteiger partial charge is 0.492 e. The van der Waals surface area contributed by atoms with Gasteiger partial charge in [0.25, 0.3) is 0 Å². The molecule has 0 unspecified atom stereocenters. The number of benzene rings is 1. The third kappa shape index (κ3) is 2.47. The maximum Gasteiger partial charge on any atom is 0.339 e. The van der Waals surface area contributed by atoms with Gasteiger partial charge in [-0.3, -0.25) is 0 Å². The number of ether oxygens (including phenoxy) is 1. The summed E-state index contributed by atoms with van der Waals surface area (Å²) < 4.78 is 10.6. The molecule has 2 N–H and O–H groups in total. The van der Waals surface area contributed by atoms with Crippen molar-refractivity contribution in [3.8, 4) is 5.75 Å². The highest BCUT2D eigenvalue weighted by molar-refractivity contribution is 5.78. The Labute approximate surface area is 99.0 Å². The lowest BCUT2D eigenvalue weighted by Crippen LogP contribution is -2.10. The van der Waals surface area contributed by atoms with Crippen LogP contribution in [0.3, 0.4) is 0 Å². The van der Waals surface area contributed by atoms with Crippen LogP contribution < -0.4 is 16.1 Å². The zero-order valence-corrected chi connectivity index (χ0v) is 9.73. The molecule has 0 amide bonds. The summed E-state index contributed by atoms with van der Waals surface area (Å²) in [6.45, 7) is 2.87. The van der Waals surface area contributed by atoms with E-state index in [0.717, 1.165) is 11.1 Å². The number of rotatable bonds is 4. The summed E-state index contributed by atoms with van der Waals surface area (Å²) in [6, 6.07) is 7.21. The molecule has 2 aromatic rings. The van der Waals surface area contributed by atoms with Gasteiger partial charge in [-0.2, -0.15) is 0 Å². The molecule has 0 fully saturated rings. The van der Waals surface area contributed by atoms with Crippen LogP contribution in [0.2, 0.25) is 0 Å². The van der Waals surface area contributed by atoms with Gasteiger partial charge >= 0.3 is 5.63 Å². The Morgan fingerprint density at radius 1 is 1.35 bits per heavy atom. The molecule has 2 rings (SSSR count). The minimum Gasteiger partial charge on any atom is -0.492 e. The van der Waals surface area contributed by atoms with E-state index in [1.165, 1.54) is 0 Å². The van der Waals surface area contributed by atoms with Gasteiger partial charge in [-0.15, -0.1) is 0 Å². The summed E-state index contributed by atoms with van der Waals surface area (Å²) in [5.74, 6) is 0.735. The predicted octanol–water partition coefficient (Wildman–Crippen LogP) is 1.69. The molecule has 4 nitrogen and oxygen atoms in total. The van der Waals surface area contributed by atoms with Crippen molar-refractivity contribution >= 4 is 11.0 Å². The molecule has 0 spiro atoms. The fourth-order valence-corrected chi connectivity index (χ4v) is 1.66. The van der Waals surface area contributed by atoms with Gasteiger partial charge in [0.15, 0.2) is 0 Å². The molecule has 0 atom stereocenters. The van der Waals surface area contributed by atoms with Gasteiger partial charge in [0.2, 0.25) is 0 Å². The van der Waals surface area contributed by atoms with E-state index in [4.69, 9.17) is 14.9 Å². The van der Waals surface area contributed by atoms with Crippen molar-refractivity contribution in [3.05, 3.63) is 40.2 Å². The highest BCUT2D eigenvalue weighted by Gasteiger charge is 2.04. The number of nitrogens with two attached hydrogens (primary N) is 1. The third-order valence-corrected chi connectivity index (χ3v) is 2.54. The van der Waals surface area contributed by atoms with Gasteiger partial charge < -0.3 is 14.9 Å². The molecular formula is C13H15NO3. The van der Waals surface area contributed by atoms with Crippen LogP contribution in [0.15, 0.2) is 33.5 Å². The fraction of sp³-hybridized carbons (Fsp3) is 0.308. The topological polar surface area (TPSA) is 65.5 Å². The van der Waals surface area contributed by atoms with E-state index in [1.54, 1.807) is 12.1 Å². The number of fused-ring (bicyclic) bond motifs is 1. The van der Waals surface area contributed by atoms with Crippen LogP contribution in [-0.2, 0) is 6.42 Å². The summed E-state index contributed by atoms with van der Waals surface area (Å²) in [5.41, 5.74) is 6.35. The maximum absolute atomic E-state index is 11.5. The zero-order valence-electron chi connectivity index (χ0n) is 9.73. The number of aryl methyl sites for hydroxylation is 1. The molecule has 0 aliphatic heterocycles. The molecule has 1 aromatic heterocycles. The Hall–Kier alpha value is -1.81. The average molecular weight is 233 g/mol. The first-order chi connectivity index (χ1) is 8.24. The molecule has 0 bridgehead atoms. The van der Waals surface area contributed by atoms with Gasteiger partial charge in [-0.05, 0) is 30.7 Å². The fourth-order valence-electron chi connectivity index (χ4n) is 1.66. The van der Waals surface area contributed by atoms with Crippen molar-refractivity contribution < 1.29 is 9.15 Å². The third-order valence-electron chi connectivity index (χ3n) is 2.54. The Morgan fingerprint density at radius 3 is 2.88 bits per heavy atom. The molecule has 0 saturated heterocycles. The van der Waals surface area contributed by atoms with Crippen LogP contribution in [-0.4, -0.2) is 13.2 Å². The molecule has 90 valence electrons. The van der Waals surface area contributed by atoms with Crippen molar-refractivity contribution in [2.45, 2.75) is 13.3 Å². The van der Waals surface area contributed by atoms with Crippen molar-refractivity contribution in [1.29, 1.82) is 0 Å². The molecular weight excluding hydrogens is 218 g/mol. The smallest absolute Gasteiger partial charge is 0.339 e. The van der Waals surface area contributed by atoms with Gasteiger partial charge in [-0.1, -0.05) is 6.92 Å². The van der Waals surface area contributed by atoms with E-state index in [9.17, 15) is 4.79 Å². The molecule has 0 aliphatic carbocycles. The highest BCUT2D eigenvalue weighted by atomic mass is 16.5. The summed E-state index contributed by atoms with van der Waals surface area (Å²) in [5, 5.41) is 0.871. The van der Waals surface area contributed by atoms with Crippen molar-refractivity contribution in [1.82, 2.24) is 0 Å². The second kappa shape index (κ2) is 5.01. The van der Waals surface area contributed by atoms with Crippen molar-refractivity contribution in [3.63, 3.8) is 0 Å². The molecule has 4 heteroatoms. The second-order valence-corrected chi connectivity index (χ2v) is 3.75. The lowest BCUT2D eigenvalue weighted by atomic mass is 10.1. The first-order valence-electron chi connectivity index (χ1n) is 5.64. The lowest BCUT2D eigenvalue weighted by Gasteiger charge is -2.05. The van der Waals surface area contributed by atoms with Crippen molar-refractivity contribution in [2.75, 3.05) is 13.2 Å². The van der Waals surface area contributed by atoms with Crippen LogP contribution in [0.4, 0.5) is 0 Å². The SMILES string of the molecule is CCc1cc2cc(OCCN)ccc2oc1=O. The number of hydrogen-bond acceptors (Lipinski definition) is 4. The molecule has 17 heavy (non-hydrogen) atoms. The van der Waals surface area contributed by atoms with E-state index < -0.39 is 0 Å². The molecule has 0 radical (unpaired) electrons. The lowest BCUT2D eigenvalue weighted by molar-refractivity contribution is 0.328. The molecule has 1 heterocycles. The first-order valence-corrected chi connectivity index (χ1v) is 5.64. The van der Waals surface area contributed by atoms with E-state index in [2.05, 4.69) is 0 Å². The van der Waals surface area contributed by atoms with E-state index >= 15 is 0 Å². The normalized spacial score (nSPS) is 10.7. The summed E-state index contributed by atoms with van der Waals surface area (Å²) in [7, 11) is 0. The maximum atomic E-state index is 11.5. The van der Waals surface area contributed by atoms with Gasteiger partial charge in [0.1, 0.15) is 17.9 Å². The van der Waals surface area contributed by atoms with Crippen LogP contribution in [0, 0.1) is 0 Å². The molecule has 0 aliphatic rings. The standard InChI is InChI=1S/C13H15NO3/c1-2-9-7-10-8-11(16-6-5-14)3-4-12(10)17-13(9)15/h3-4,7-8H,2,5-6,14H2,1H3. The average Bonchev–Trinajstić information content (AvgIpc) is 2.35. The van der Waals surface area contributed by atoms with E-state index in [1.807, 2.05) is 19.1 Å². The molecule has 0 saturated carbocycles. The number of hydrogen-bond donors (Lipinski definition) is 1. The van der Waals surface area contributed by atoms with Gasteiger partial charge in [0, 0.05) is 17.5 Å². The van der Waals surface area contributed by atoms with Crippen molar-refractivity contribution in [2.24, 2.45) is 5.73 Å². The van der Waals surface area contributed by atoms with Gasteiger partial charge in [0.05, 0.1) is 0 Å². The molecule has 1 aromatic carbocycles. The predicted molar refractivity (Wildman–Crippen MR) is 66.4 cm³/mol. The first kappa shape index (κ1) is 11.7. The Bertz CT molecular complexity index is 574. The monoisotopic (exact) mass is 233 g/mol.